The van der Waals surface area contributed by atoms with Crippen LogP contribution in [0.2, 0.25) is 0 Å². The highest BCUT2D eigenvalue weighted by Crippen LogP contribution is 2.65. The van der Waals surface area contributed by atoms with E-state index in [4.69, 9.17) is 4.74 Å². The molecule has 0 aromatic rings. The van der Waals surface area contributed by atoms with E-state index < -0.39 is 5.54 Å². The van der Waals surface area contributed by atoms with Crippen LogP contribution in [0.25, 0.3) is 0 Å². The summed E-state index contributed by atoms with van der Waals surface area (Å²) in [5, 5.41) is 12.1. The third-order valence-corrected chi connectivity index (χ3v) is 4.10. The van der Waals surface area contributed by atoms with Gasteiger partial charge in [-0.2, -0.15) is 5.26 Å². The minimum Gasteiger partial charge on any atom is -0.466 e. The van der Waals surface area contributed by atoms with Crippen LogP contribution in [0.15, 0.2) is 0 Å². The summed E-state index contributed by atoms with van der Waals surface area (Å²) >= 11 is 0. The van der Waals surface area contributed by atoms with E-state index in [-0.39, 0.29) is 35.5 Å². The van der Waals surface area contributed by atoms with Crippen molar-refractivity contribution in [2.75, 3.05) is 6.61 Å². The summed E-state index contributed by atoms with van der Waals surface area (Å²) in [5.74, 6) is -0.324. The molecule has 98 valence electrons. The molecular formula is C13H18N2O3. The largest absolute Gasteiger partial charge is 0.466 e. The number of carbonyl (C=O) groups is 2. The third kappa shape index (κ3) is 1.76. The molecule has 5 atom stereocenters. The minimum absolute atomic E-state index is 0.0829. The van der Waals surface area contributed by atoms with Gasteiger partial charge in [-0.3, -0.25) is 9.59 Å². The lowest BCUT2D eigenvalue weighted by Crippen LogP contribution is -2.48. The number of nitrogens with zero attached hydrogens (tertiary/aromatic N) is 1. The van der Waals surface area contributed by atoms with Gasteiger partial charge in [0.2, 0.25) is 5.91 Å². The van der Waals surface area contributed by atoms with Gasteiger partial charge in [-0.1, -0.05) is 6.92 Å². The first-order chi connectivity index (χ1) is 8.46. The van der Waals surface area contributed by atoms with Crippen molar-refractivity contribution < 1.29 is 14.3 Å². The Morgan fingerprint density at radius 3 is 2.72 bits per heavy atom. The Bertz CT molecular complexity index is 428. The summed E-state index contributed by atoms with van der Waals surface area (Å²) in [6.45, 7) is 5.55. The van der Waals surface area contributed by atoms with Crippen molar-refractivity contribution in [2.45, 2.75) is 32.7 Å². The number of hydrogen-bond acceptors (Lipinski definition) is 4. The molecule has 0 aliphatic heterocycles. The summed E-state index contributed by atoms with van der Waals surface area (Å²) in [6.07, 6.45) is 0.619. The molecule has 5 nitrogen and oxygen atoms in total. The summed E-state index contributed by atoms with van der Waals surface area (Å²) in [5.41, 5.74) is -0.882. The van der Waals surface area contributed by atoms with Crippen molar-refractivity contribution >= 4 is 11.9 Å². The van der Waals surface area contributed by atoms with Gasteiger partial charge in [-0.15, -0.1) is 0 Å². The average molecular weight is 250 g/mol. The average Bonchev–Trinajstić information content (AvgIpc) is 2.97. The molecule has 5 heteroatoms. The van der Waals surface area contributed by atoms with Gasteiger partial charge >= 0.3 is 5.97 Å². The standard InChI is InChI=1S/C13H18N2O3/c1-4-18-12(17)10-9-7(2)5-13(6-14,11(9)10)15-8(3)16/h7,9-11H,4-5H2,1-3H3,(H,15,16). The smallest absolute Gasteiger partial charge is 0.309 e. The van der Waals surface area contributed by atoms with Crippen molar-refractivity contribution in [2.24, 2.45) is 23.7 Å². The second kappa shape index (κ2) is 4.27. The van der Waals surface area contributed by atoms with Crippen LogP contribution in [-0.4, -0.2) is 24.0 Å². The Hall–Kier alpha value is -1.57. The fourth-order valence-corrected chi connectivity index (χ4v) is 3.60. The zero-order valence-electron chi connectivity index (χ0n) is 10.9. The number of nitrogens with one attached hydrogen (secondary N) is 1. The minimum atomic E-state index is -0.882. The molecule has 2 fully saturated rings. The Balaban J connectivity index is 2.19. The van der Waals surface area contributed by atoms with Crippen molar-refractivity contribution in [3.05, 3.63) is 0 Å². The molecule has 0 heterocycles. The van der Waals surface area contributed by atoms with Crippen LogP contribution in [0.3, 0.4) is 0 Å². The van der Waals surface area contributed by atoms with Crippen LogP contribution in [0.5, 0.6) is 0 Å². The topological polar surface area (TPSA) is 79.2 Å². The molecule has 0 radical (unpaired) electrons. The molecule has 1 amide bonds. The Morgan fingerprint density at radius 2 is 2.22 bits per heavy atom. The molecule has 0 bridgehead atoms. The van der Waals surface area contributed by atoms with Gasteiger partial charge in [0.1, 0.15) is 5.54 Å². The number of fused-ring (bicyclic) bond motifs is 1. The highest BCUT2D eigenvalue weighted by molar-refractivity contribution is 5.80. The summed E-state index contributed by atoms with van der Waals surface area (Å²) in [4.78, 5) is 23.1. The van der Waals surface area contributed by atoms with Crippen molar-refractivity contribution in [3.8, 4) is 6.07 Å². The molecule has 0 aromatic carbocycles. The molecular weight excluding hydrogens is 232 g/mol. The SMILES string of the molecule is CCOC(=O)C1C2C(C)CC(C#N)(NC(C)=O)C12. The van der Waals surface area contributed by atoms with Gasteiger partial charge in [-0.05, 0) is 25.2 Å². The second-order valence-electron chi connectivity index (χ2n) is 5.33. The Labute approximate surface area is 106 Å². The fraction of sp³-hybridized carbons (Fsp3) is 0.769. The number of nitriles is 1. The maximum absolute atomic E-state index is 11.8. The number of amides is 1. The van der Waals surface area contributed by atoms with E-state index in [0.717, 1.165) is 0 Å². The molecule has 0 aromatic heterocycles. The van der Waals surface area contributed by atoms with Crippen LogP contribution >= 0.6 is 0 Å². The second-order valence-corrected chi connectivity index (χ2v) is 5.33. The van der Waals surface area contributed by atoms with Gasteiger partial charge in [0, 0.05) is 12.8 Å². The van der Waals surface area contributed by atoms with E-state index in [0.29, 0.717) is 13.0 Å². The quantitative estimate of drug-likeness (QED) is 0.753. The van der Waals surface area contributed by atoms with E-state index in [1.165, 1.54) is 6.92 Å². The number of ether oxygens (including phenoxy) is 1. The van der Waals surface area contributed by atoms with E-state index in [2.05, 4.69) is 11.4 Å². The zero-order chi connectivity index (χ0) is 13.5. The summed E-state index contributed by atoms with van der Waals surface area (Å²) in [6, 6.07) is 2.22. The highest BCUT2D eigenvalue weighted by Gasteiger charge is 2.72. The molecule has 0 spiro atoms. The fourth-order valence-electron chi connectivity index (χ4n) is 3.60. The highest BCUT2D eigenvalue weighted by atomic mass is 16.5. The molecule has 2 aliphatic carbocycles. The Morgan fingerprint density at radius 1 is 1.56 bits per heavy atom. The van der Waals surface area contributed by atoms with E-state index in [9.17, 15) is 14.9 Å². The van der Waals surface area contributed by atoms with Crippen molar-refractivity contribution in [1.29, 1.82) is 5.26 Å². The number of carbonyl (C=O) groups excluding carboxylic acids is 2. The van der Waals surface area contributed by atoms with Crippen LogP contribution in [0.4, 0.5) is 0 Å². The van der Waals surface area contributed by atoms with E-state index >= 15 is 0 Å². The van der Waals surface area contributed by atoms with Gasteiger partial charge in [0.05, 0.1) is 18.6 Å². The molecule has 2 saturated carbocycles. The number of hydrogen-bond donors (Lipinski definition) is 1. The molecule has 18 heavy (non-hydrogen) atoms. The first-order valence-electron chi connectivity index (χ1n) is 6.33. The molecule has 2 rings (SSSR count). The molecule has 1 N–H and O–H groups in total. The van der Waals surface area contributed by atoms with Crippen molar-refractivity contribution in [1.82, 2.24) is 5.32 Å². The van der Waals surface area contributed by atoms with Crippen LogP contribution in [0.1, 0.15) is 27.2 Å². The first-order valence-corrected chi connectivity index (χ1v) is 6.33. The van der Waals surface area contributed by atoms with E-state index in [1.807, 2.05) is 6.92 Å². The van der Waals surface area contributed by atoms with E-state index in [1.54, 1.807) is 6.92 Å². The lowest BCUT2D eigenvalue weighted by Gasteiger charge is -2.26. The predicted octanol–water partition coefficient (Wildman–Crippen LogP) is 0.850. The normalized spacial score (nSPS) is 40.6. The monoisotopic (exact) mass is 250 g/mol. The lowest BCUT2D eigenvalue weighted by atomic mass is 9.88. The molecule has 5 unspecified atom stereocenters. The van der Waals surface area contributed by atoms with Gasteiger partial charge in [0.15, 0.2) is 0 Å². The maximum Gasteiger partial charge on any atom is 0.309 e. The van der Waals surface area contributed by atoms with Crippen LogP contribution < -0.4 is 5.32 Å². The van der Waals surface area contributed by atoms with Crippen LogP contribution in [-0.2, 0) is 14.3 Å². The van der Waals surface area contributed by atoms with Gasteiger partial charge in [-0.25, -0.2) is 0 Å². The lowest BCUT2D eigenvalue weighted by molar-refractivity contribution is -0.146. The molecule has 2 aliphatic rings. The maximum atomic E-state index is 11.8. The van der Waals surface area contributed by atoms with Crippen molar-refractivity contribution in [3.63, 3.8) is 0 Å². The van der Waals surface area contributed by atoms with Gasteiger partial charge in [0.25, 0.3) is 0 Å². The summed E-state index contributed by atoms with van der Waals surface area (Å²) < 4.78 is 5.03. The predicted molar refractivity (Wildman–Crippen MR) is 63.0 cm³/mol. The Kier molecular flexibility index (Phi) is 3.05. The van der Waals surface area contributed by atoms with Crippen LogP contribution in [0, 0.1) is 35.0 Å². The summed E-state index contributed by atoms with van der Waals surface area (Å²) in [7, 11) is 0. The zero-order valence-corrected chi connectivity index (χ0v) is 10.9. The molecule has 0 saturated heterocycles. The third-order valence-electron chi connectivity index (χ3n) is 4.10. The van der Waals surface area contributed by atoms with Gasteiger partial charge < -0.3 is 10.1 Å². The number of esters is 1. The first kappa shape index (κ1) is 12.9. The number of rotatable bonds is 3.